The van der Waals surface area contributed by atoms with Gasteiger partial charge in [-0.2, -0.15) is 10.4 Å². The number of anilines is 2. The van der Waals surface area contributed by atoms with E-state index in [1.165, 1.54) is 6.07 Å². The van der Waals surface area contributed by atoms with Crippen molar-refractivity contribution in [1.82, 2.24) is 0 Å². The molecule has 41 heavy (non-hydrogen) atoms. The molecule has 5 rings (SSSR count). The Bertz CT molecular complexity index is 1440. The van der Waals surface area contributed by atoms with Crippen LogP contribution in [0.4, 0.5) is 15.8 Å². The van der Waals surface area contributed by atoms with E-state index in [0.29, 0.717) is 36.7 Å². The number of hydrazone groups is 1. The fourth-order valence-corrected chi connectivity index (χ4v) is 5.48. The van der Waals surface area contributed by atoms with E-state index in [9.17, 15) is 14.3 Å². The molecule has 0 saturated carbocycles. The Morgan fingerprint density at radius 2 is 1.76 bits per heavy atom. The fourth-order valence-electron chi connectivity index (χ4n) is 5.48. The van der Waals surface area contributed by atoms with Crippen LogP contribution in [-0.2, 0) is 4.79 Å². The zero-order valence-corrected chi connectivity index (χ0v) is 23.2. The van der Waals surface area contributed by atoms with E-state index in [2.05, 4.69) is 6.07 Å². The van der Waals surface area contributed by atoms with E-state index in [1.54, 1.807) is 29.3 Å². The van der Waals surface area contributed by atoms with Gasteiger partial charge in [0.2, 0.25) is 0 Å². The largest absolute Gasteiger partial charge is 0.494 e. The normalized spacial score (nSPS) is 19.0. The molecule has 0 bridgehead atoms. The number of aliphatic carboxylic acids is 1. The van der Waals surface area contributed by atoms with E-state index < -0.39 is 5.97 Å². The van der Waals surface area contributed by atoms with E-state index in [0.717, 1.165) is 35.6 Å². The molecule has 8 nitrogen and oxygen atoms in total. The van der Waals surface area contributed by atoms with Gasteiger partial charge < -0.3 is 19.5 Å². The highest BCUT2D eigenvalue weighted by Crippen LogP contribution is 2.34. The molecule has 0 spiro atoms. The Morgan fingerprint density at radius 3 is 2.39 bits per heavy atom. The predicted octanol–water partition coefficient (Wildman–Crippen LogP) is 5.85. The molecule has 3 aromatic rings. The van der Waals surface area contributed by atoms with Crippen LogP contribution in [0.25, 0.3) is 0 Å². The van der Waals surface area contributed by atoms with Gasteiger partial charge in [-0.1, -0.05) is 19.1 Å². The van der Waals surface area contributed by atoms with Crippen LogP contribution < -0.4 is 19.4 Å². The standard InChI is InChI=1S/C32H33FN4O4/c1-3-40-27-12-13-28(33)30(18-27)36-16-14-26(15-17-36)41-25-10-8-24(9-11-25)37-29(19-31(38)39)21(2)32(35-37)23-6-4-22(20-34)5-7-23/h4-13,18,21,26,29H,3,14-17,19H2,1-2H3,(H,38,39). The zero-order valence-electron chi connectivity index (χ0n) is 23.2. The van der Waals surface area contributed by atoms with Crippen LogP contribution in [0.3, 0.4) is 0 Å². The maximum atomic E-state index is 14.5. The lowest BCUT2D eigenvalue weighted by Gasteiger charge is -2.34. The molecule has 2 unspecified atom stereocenters. The first-order valence-electron chi connectivity index (χ1n) is 13.9. The van der Waals surface area contributed by atoms with Crippen LogP contribution in [0.5, 0.6) is 11.5 Å². The Morgan fingerprint density at radius 1 is 1.07 bits per heavy atom. The minimum atomic E-state index is -0.890. The summed E-state index contributed by atoms with van der Waals surface area (Å²) in [6.45, 7) is 5.75. The molecule has 2 atom stereocenters. The smallest absolute Gasteiger partial charge is 0.305 e. The van der Waals surface area contributed by atoms with Gasteiger partial charge in [-0.15, -0.1) is 0 Å². The number of hydrogen-bond acceptors (Lipinski definition) is 7. The number of halogens is 1. The molecule has 1 saturated heterocycles. The van der Waals surface area contributed by atoms with Crippen LogP contribution in [-0.4, -0.2) is 48.6 Å². The lowest BCUT2D eigenvalue weighted by molar-refractivity contribution is -0.137. The minimum absolute atomic E-state index is 0.00260. The molecular formula is C32H33FN4O4. The van der Waals surface area contributed by atoms with E-state index in [-0.39, 0.29) is 30.3 Å². The molecule has 0 amide bonds. The highest BCUT2D eigenvalue weighted by Gasteiger charge is 2.37. The van der Waals surface area contributed by atoms with E-state index >= 15 is 0 Å². The average molecular weight is 557 g/mol. The molecule has 3 aromatic carbocycles. The van der Waals surface area contributed by atoms with Gasteiger partial charge in [0.05, 0.1) is 47.8 Å². The summed E-state index contributed by atoms with van der Waals surface area (Å²) < 4.78 is 26.3. The van der Waals surface area contributed by atoms with Gasteiger partial charge in [0.1, 0.15) is 23.4 Å². The monoisotopic (exact) mass is 556 g/mol. The zero-order chi connectivity index (χ0) is 28.9. The van der Waals surface area contributed by atoms with Crippen LogP contribution in [0, 0.1) is 23.1 Å². The third kappa shape index (κ3) is 6.27. The summed E-state index contributed by atoms with van der Waals surface area (Å²) in [7, 11) is 0. The molecule has 0 aromatic heterocycles. The first kappa shape index (κ1) is 28.0. The van der Waals surface area contributed by atoms with E-state index in [1.807, 2.05) is 55.1 Å². The quantitative estimate of drug-likeness (QED) is 0.353. The van der Waals surface area contributed by atoms with Gasteiger partial charge in [0, 0.05) is 37.9 Å². The predicted molar refractivity (Wildman–Crippen MR) is 155 cm³/mol. The number of benzene rings is 3. The number of carboxylic acid groups (broad SMARTS) is 1. The third-order valence-electron chi connectivity index (χ3n) is 7.65. The molecule has 0 aliphatic carbocycles. The molecule has 2 heterocycles. The SMILES string of the molecule is CCOc1ccc(F)c(N2CCC(Oc3ccc(N4N=C(c5ccc(C#N)cc5)C(C)C4CC(=O)O)cc3)CC2)c1. The van der Waals surface area contributed by atoms with Crippen molar-refractivity contribution in [3.63, 3.8) is 0 Å². The van der Waals surface area contributed by atoms with Gasteiger partial charge >= 0.3 is 5.97 Å². The first-order valence-corrected chi connectivity index (χ1v) is 13.9. The maximum Gasteiger partial charge on any atom is 0.305 e. The van der Waals surface area contributed by atoms with E-state index in [4.69, 9.17) is 19.8 Å². The number of nitriles is 1. The van der Waals surface area contributed by atoms with Gasteiger partial charge in [0.25, 0.3) is 0 Å². The second-order valence-electron chi connectivity index (χ2n) is 10.3. The summed E-state index contributed by atoms with van der Waals surface area (Å²) in [5, 5.41) is 25.3. The summed E-state index contributed by atoms with van der Waals surface area (Å²) in [5.74, 6) is 0.104. The Hall–Kier alpha value is -4.58. The molecule has 9 heteroatoms. The second-order valence-corrected chi connectivity index (χ2v) is 10.3. The molecule has 2 aliphatic heterocycles. The fraction of sp³-hybridized carbons (Fsp3) is 0.344. The maximum absolute atomic E-state index is 14.5. The summed E-state index contributed by atoms with van der Waals surface area (Å²) in [6.07, 6.45) is 1.45. The Labute approximate surface area is 239 Å². The summed E-state index contributed by atoms with van der Waals surface area (Å²) >= 11 is 0. The molecular weight excluding hydrogens is 523 g/mol. The van der Waals surface area contributed by atoms with Crippen molar-refractivity contribution in [3.8, 4) is 17.6 Å². The van der Waals surface area contributed by atoms with Crippen molar-refractivity contribution in [2.24, 2.45) is 11.0 Å². The van der Waals surface area contributed by atoms with Crippen molar-refractivity contribution < 1.29 is 23.8 Å². The molecule has 0 radical (unpaired) electrons. The van der Waals surface area contributed by atoms with Gasteiger partial charge in [0.15, 0.2) is 0 Å². The van der Waals surface area contributed by atoms with Crippen LogP contribution in [0.15, 0.2) is 71.8 Å². The number of hydrogen-bond donors (Lipinski definition) is 1. The molecule has 1 fully saturated rings. The van der Waals surface area contributed by atoms with Crippen molar-refractivity contribution >= 4 is 23.1 Å². The summed E-state index contributed by atoms with van der Waals surface area (Å²) in [4.78, 5) is 13.7. The number of nitrogens with zero attached hydrogens (tertiary/aromatic N) is 4. The van der Waals surface area contributed by atoms with Crippen molar-refractivity contribution in [3.05, 3.63) is 83.7 Å². The van der Waals surface area contributed by atoms with Gasteiger partial charge in [-0.25, -0.2) is 4.39 Å². The van der Waals surface area contributed by atoms with Gasteiger partial charge in [-0.05, 0) is 61.0 Å². The van der Waals surface area contributed by atoms with Crippen molar-refractivity contribution in [1.29, 1.82) is 5.26 Å². The lowest BCUT2D eigenvalue weighted by Crippen LogP contribution is -2.38. The Balaban J connectivity index is 1.25. The molecule has 212 valence electrons. The number of ether oxygens (including phenoxy) is 2. The molecule has 1 N–H and O–H groups in total. The number of piperidine rings is 1. The second kappa shape index (κ2) is 12.3. The van der Waals surface area contributed by atoms with Crippen molar-refractivity contribution in [2.45, 2.75) is 45.3 Å². The minimum Gasteiger partial charge on any atom is -0.494 e. The average Bonchev–Trinajstić information content (AvgIpc) is 3.30. The van der Waals surface area contributed by atoms with Gasteiger partial charge in [-0.3, -0.25) is 9.80 Å². The topological polar surface area (TPSA) is 98.4 Å². The Kier molecular flexibility index (Phi) is 8.39. The third-order valence-corrected chi connectivity index (χ3v) is 7.65. The highest BCUT2D eigenvalue weighted by molar-refractivity contribution is 6.05. The lowest BCUT2D eigenvalue weighted by atomic mass is 9.90. The van der Waals surface area contributed by atoms with Crippen LogP contribution >= 0.6 is 0 Å². The first-order chi connectivity index (χ1) is 19.9. The van der Waals surface area contributed by atoms with Crippen molar-refractivity contribution in [2.75, 3.05) is 29.6 Å². The van der Waals surface area contributed by atoms with Crippen LogP contribution in [0.1, 0.15) is 44.2 Å². The number of carbonyl (C=O) groups is 1. The molecule has 2 aliphatic rings. The highest BCUT2D eigenvalue weighted by atomic mass is 19.1. The summed E-state index contributed by atoms with van der Waals surface area (Å²) in [6, 6.07) is 21.3. The summed E-state index contributed by atoms with van der Waals surface area (Å²) in [5.41, 5.74) is 3.54. The van der Waals surface area contributed by atoms with Crippen LogP contribution in [0.2, 0.25) is 0 Å². The number of carboxylic acids is 1. The number of rotatable bonds is 9.